The van der Waals surface area contributed by atoms with Crippen LogP contribution in [0.4, 0.5) is 0 Å². The molecular formula is C14H9ClN2O. The maximum Gasteiger partial charge on any atom is 0.142 e. The number of aromatic nitrogens is 2. The van der Waals surface area contributed by atoms with Gasteiger partial charge in [-0.05, 0) is 23.8 Å². The summed E-state index contributed by atoms with van der Waals surface area (Å²) in [6.07, 6.45) is 3.08. The SMILES string of the molecule is Oc1cc(-c2ccccc2Cl)cc2cncnc12. The lowest BCUT2D eigenvalue weighted by Gasteiger charge is -2.07. The van der Waals surface area contributed by atoms with Gasteiger partial charge in [-0.25, -0.2) is 9.97 Å². The molecule has 0 bridgehead atoms. The molecule has 1 heterocycles. The molecule has 0 spiro atoms. The smallest absolute Gasteiger partial charge is 0.142 e. The maximum absolute atomic E-state index is 9.97. The first-order chi connectivity index (χ1) is 8.75. The summed E-state index contributed by atoms with van der Waals surface area (Å²) in [6, 6.07) is 11.1. The molecule has 3 nitrogen and oxygen atoms in total. The Hall–Kier alpha value is -2.13. The Kier molecular flexibility index (Phi) is 2.61. The lowest BCUT2D eigenvalue weighted by atomic mass is 10.0. The van der Waals surface area contributed by atoms with Crippen molar-refractivity contribution in [2.75, 3.05) is 0 Å². The molecule has 4 heteroatoms. The van der Waals surface area contributed by atoms with Crippen LogP contribution in [-0.4, -0.2) is 15.1 Å². The van der Waals surface area contributed by atoms with E-state index in [0.717, 1.165) is 16.5 Å². The zero-order chi connectivity index (χ0) is 12.5. The molecule has 18 heavy (non-hydrogen) atoms. The van der Waals surface area contributed by atoms with Gasteiger partial charge in [0.25, 0.3) is 0 Å². The predicted molar refractivity (Wildman–Crippen MR) is 71.6 cm³/mol. The van der Waals surface area contributed by atoms with E-state index in [1.165, 1.54) is 6.33 Å². The van der Waals surface area contributed by atoms with E-state index in [1.807, 2.05) is 30.3 Å². The third-order valence-electron chi connectivity index (χ3n) is 2.77. The van der Waals surface area contributed by atoms with E-state index in [-0.39, 0.29) is 5.75 Å². The predicted octanol–water partition coefficient (Wildman–Crippen LogP) is 3.66. The van der Waals surface area contributed by atoms with Crippen molar-refractivity contribution in [2.45, 2.75) is 0 Å². The lowest BCUT2D eigenvalue weighted by Crippen LogP contribution is -1.85. The van der Waals surface area contributed by atoms with E-state index in [4.69, 9.17) is 11.6 Å². The van der Waals surface area contributed by atoms with Gasteiger partial charge in [-0.15, -0.1) is 0 Å². The molecule has 1 N–H and O–H groups in total. The van der Waals surface area contributed by atoms with Crippen molar-refractivity contribution in [3.05, 3.63) is 53.9 Å². The number of rotatable bonds is 1. The molecule has 0 saturated carbocycles. The van der Waals surface area contributed by atoms with Crippen LogP contribution >= 0.6 is 11.6 Å². The normalized spacial score (nSPS) is 10.7. The van der Waals surface area contributed by atoms with E-state index in [2.05, 4.69) is 9.97 Å². The molecule has 0 atom stereocenters. The summed E-state index contributed by atoms with van der Waals surface area (Å²) in [7, 11) is 0. The summed E-state index contributed by atoms with van der Waals surface area (Å²) in [5.74, 6) is 0.129. The maximum atomic E-state index is 9.97. The molecule has 2 aromatic carbocycles. The van der Waals surface area contributed by atoms with E-state index in [9.17, 15) is 5.11 Å². The van der Waals surface area contributed by atoms with Crippen molar-refractivity contribution in [3.8, 4) is 16.9 Å². The van der Waals surface area contributed by atoms with Gasteiger partial charge in [-0.2, -0.15) is 0 Å². The number of nitrogens with zero attached hydrogens (tertiary/aromatic N) is 2. The molecule has 0 aliphatic carbocycles. The molecule has 0 fully saturated rings. The van der Waals surface area contributed by atoms with Gasteiger partial charge in [-0.1, -0.05) is 29.8 Å². The summed E-state index contributed by atoms with van der Waals surface area (Å²) >= 11 is 6.15. The van der Waals surface area contributed by atoms with E-state index >= 15 is 0 Å². The molecule has 3 aromatic rings. The monoisotopic (exact) mass is 256 g/mol. The largest absolute Gasteiger partial charge is 0.506 e. The van der Waals surface area contributed by atoms with Crippen molar-refractivity contribution in [3.63, 3.8) is 0 Å². The second-order valence-electron chi connectivity index (χ2n) is 3.94. The molecule has 88 valence electrons. The van der Waals surface area contributed by atoms with Crippen LogP contribution in [0.15, 0.2) is 48.9 Å². The Balaban J connectivity index is 2.28. The standard InChI is InChI=1S/C14H9ClN2O/c15-12-4-2-1-3-11(12)9-5-10-7-16-8-17-14(10)13(18)6-9/h1-8,18H. The average Bonchev–Trinajstić information content (AvgIpc) is 2.39. The fourth-order valence-corrected chi connectivity index (χ4v) is 2.18. The number of hydrogen-bond donors (Lipinski definition) is 1. The first-order valence-electron chi connectivity index (χ1n) is 5.43. The third-order valence-corrected chi connectivity index (χ3v) is 3.10. The van der Waals surface area contributed by atoms with Gasteiger partial charge in [-0.3, -0.25) is 0 Å². The van der Waals surface area contributed by atoms with Gasteiger partial charge in [0.05, 0.1) is 0 Å². The van der Waals surface area contributed by atoms with E-state index in [1.54, 1.807) is 12.3 Å². The fourth-order valence-electron chi connectivity index (χ4n) is 1.94. The van der Waals surface area contributed by atoms with Crippen LogP contribution in [-0.2, 0) is 0 Å². The van der Waals surface area contributed by atoms with Gasteiger partial charge in [0.2, 0.25) is 0 Å². The number of halogens is 1. The number of phenolic OH excluding ortho intramolecular Hbond substituents is 1. The van der Waals surface area contributed by atoms with Crippen molar-refractivity contribution >= 4 is 22.5 Å². The fraction of sp³-hybridized carbons (Fsp3) is 0. The average molecular weight is 257 g/mol. The minimum atomic E-state index is 0.129. The third kappa shape index (κ3) is 1.79. The number of benzene rings is 2. The van der Waals surface area contributed by atoms with Gasteiger partial charge < -0.3 is 5.11 Å². The van der Waals surface area contributed by atoms with Gasteiger partial charge in [0.15, 0.2) is 0 Å². The minimum absolute atomic E-state index is 0.129. The van der Waals surface area contributed by atoms with Crippen LogP contribution in [0.3, 0.4) is 0 Å². The molecule has 0 amide bonds. The Labute approximate surface area is 109 Å². The highest BCUT2D eigenvalue weighted by Gasteiger charge is 2.08. The molecule has 0 aliphatic heterocycles. The Morgan fingerprint density at radius 1 is 1.11 bits per heavy atom. The quantitative estimate of drug-likeness (QED) is 0.723. The van der Waals surface area contributed by atoms with Crippen LogP contribution in [0, 0.1) is 0 Å². The Morgan fingerprint density at radius 2 is 1.94 bits per heavy atom. The summed E-state index contributed by atoms with van der Waals surface area (Å²) in [4.78, 5) is 8.00. The number of hydrogen-bond acceptors (Lipinski definition) is 3. The lowest BCUT2D eigenvalue weighted by molar-refractivity contribution is 0.480. The second kappa shape index (κ2) is 4.27. The van der Waals surface area contributed by atoms with E-state index in [0.29, 0.717) is 10.5 Å². The number of fused-ring (bicyclic) bond motifs is 1. The molecule has 0 unspecified atom stereocenters. The highest BCUT2D eigenvalue weighted by molar-refractivity contribution is 6.33. The van der Waals surface area contributed by atoms with Crippen molar-refractivity contribution < 1.29 is 5.11 Å². The molecule has 0 saturated heterocycles. The molecule has 3 rings (SSSR count). The molecular weight excluding hydrogens is 248 g/mol. The summed E-state index contributed by atoms with van der Waals surface area (Å²) in [5.41, 5.74) is 2.27. The summed E-state index contributed by atoms with van der Waals surface area (Å²) in [6.45, 7) is 0. The van der Waals surface area contributed by atoms with E-state index < -0.39 is 0 Å². The Bertz CT molecular complexity index is 728. The van der Waals surface area contributed by atoms with Gasteiger partial charge in [0, 0.05) is 22.2 Å². The van der Waals surface area contributed by atoms with Crippen molar-refractivity contribution in [2.24, 2.45) is 0 Å². The van der Waals surface area contributed by atoms with Gasteiger partial charge in [0.1, 0.15) is 17.6 Å². The highest BCUT2D eigenvalue weighted by atomic mass is 35.5. The van der Waals surface area contributed by atoms with Crippen LogP contribution in [0.2, 0.25) is 5.02 Å². The Morgan fingerprint density at radius 3 is 2.78 bits per heavy atom. The molecule has 0 radical (unpaired) electrons. The van der Waals surface area contributed by atoms with Gasteiger partial charge >= 0.3 is 0 Å². The summed E-state index contributed by atoms with van der Waals surface area (Å²) in [5, 5.41) is 11.4. The van der Waals surface area contributed by atoms with Crippen molar-refractivity contribution in [1.82, 2.24) is 9.97 Å². The first kappa shape index (κ1) is 11.0. The molecule has 0 aliphatic rings. The number of phenols is 1. The van der Waals surface area contributed by atoms with Crippen LogP contribution in [0.1, 0.15) is 0 Å². The highest BCUT2D eigenvalue weighted by Crippen LogP contribution is 2.33. The topological polar surface area (TPSA) is 46.0 Å². The first-order valence-corrected chi connectivity index (χ1v) is 5.81. The second-order valence-corrected chi connectivity index (χ2v) is 4.34. The van der Waals surface area contributed by atoms with Crippen molar-refractivity contribution in [1.29, 1.82) is 0 Å². The number of aromatic hydroxyl groups is 1. The zero-order valence-corrected chi connectivity index (χ0v) is 10.1. The molecule has 1 aromatic heterocycles. The van der Waals surface area contributed by atoms with Crippen LogP contribution in [0.5, 0.6) is 5.75 Å². The minimum Gasteiger partial charge on any atom is -0.506 e. The summed E-state index contributed by atoms with van der Waals surface area (Å²) < 4.78 is 0. The zero-order valence-electron chi connectivity index (χ0n) is 9.34. The van der Waals surface area contributed by atoms with Crippen LogP contribution < -0.4 is 0 Å². The van der Waals surface area contributed by atoms with Crippen LogP contribution in [0.25, 0.3) is 22.0 Å².